The Morgan fingerprint density at radius 3 is 2.32 bits per heavy atom. The number of amides is 1. The number of nitrogens with one attached hydrogen (secondary N) is 1. The molecule has 4 nitrogen and oxygen atoms in total. The number of rotatable bonds is 8. The highest BCUT2D eigenvalue weighted by Crippen LogP contribution is 2.15. The number of hydrogen-bond acceptors (Lipinski definition) is 3. The highest BCUT2D eigenvalue weighted by atomic mass is 16.5. The molecule has 19 heavy (non-hydrogen) atoms. The van der Waals surface area contributed by atoms with Gasteiger partial charge in [0, 0.05) is 5.69 Å². The lowest BCUT2D eigenvalue weighted by Gasteiger charge is -2.17. The van der Waals surface area contributed by atoms with Crippen LogP contribution in [-0.2, 0) is 4.79 Å². The van der Waals surface area contributed by atoms with Crippen molar-refractivity contribution in [2.24, 2.45) is 0 Å². The van der Waals surface area contributed by atoms with Crippen LogP contribution in [0.3, 0.4) is 0 Å². The molecule has 0 unspecified atom stereocenters. The molecule has 0 fully saturated rings. The van der Waals surface area contributed by atoms with Gasteiger partial charge < -0.3 is 10.1 Å². The zero-order chi connectivity index (χ0) is 14.1. The summed E-state index contributed by atoms with van der Waals surface area (Å²) < 4.78 is 5.49. The van der Waals surface area contributed by atoms with Gasteiger partial charge in [-0.25, -0.2) is 0 Å². The van der Waals surface area contributed by atoms with E-state index in [1.165, 1.54) is 0 Å². The van der Waals surface area contributed by atoms with E-state index in [4.69, 9.17) is 4.74 Å². The Balaban J connectivity index is 2.46. The predicted octanol–water partition coefficient (Wildman–Crippen LogP) is 2.76. The normalized spacial score (nSPS) is 10.5. The van der Waals surface area contributed by atoms with E-state index < -0.39 is 0 Å². The SMILES string of the molecule is CCCOc1ccc(NC(=O)CN(CC)CC)cc1. The van der Waals surface area contributed by atoms with Gasteiger partial charge in [-0.05, 0) is 43.8 Å². The maximum absolute atomic E-state index is 11.8. The average Bonchev–Trinajstić information content (AvgIpc) is 2.44. The van der Waals surface area contributed by atoms with Crippen LogP contribution < -0.4 is 10.1 Å². The topological polar surface area (TPSA) is 41.6 Å². The molecule has 0 bridgehead atoms. The number of benzene rings is 1. The van der Waals surface area contributed by atoms with Crippen LogP contribution in [0.1, 0.15) is 27.2 Å². The summed E-state index contributed by atoms with van der Waals surface area (Å²) in [6.07, 6.45) is 0.988. The fourth-order valence-corrected chi connectivity index (χ4v) is 1.71. The molecule has 1 rings (SSSR count). The summed E-state index contributed by atoms with van der Waals surface area (Å²) in [5.74, 6) is 0.856. The van der Waals surface area contributed by atoms with Crippen molar-refractivity contribution in [2.75, 3.05) is 31.6 Å². The van der Waals surface area contributed by atoms with Crippen molar-refractivity contribution in [3.05, 3.63) is 24.3 Å². The van der Waals surface area contributed by atoms with Gasteiger partial charge in [-0.15, -0.1) is 0 Å². The highest BCUT2D eigenvalue weighted by molar-refractivity contribution is 5.92. The number of anilines is 1. The molecule has 0 aliphatic heterocycles. The number of likely N-dealkylation sites (N-methyl/N-ethyl adjacent to an activating group) is 1. The number of ether oxygens (including phenoxy) is 1. The van der Waals surface area contributed by atoms with Crippen LogP contribution in [0.15, 0.2) is 24.3 Å². The molecule has 4 heteroatoms. The van der Waals surface area contributed by atoms with Crippen LogP contribution in [0.4, 0.5) is 5.69 Å². The van der Waals surface area contributed by atoms with Gasteiger partial charge in [0.1, 0.15) is 5.75 Å². The maximum Gasteiger partial charge on any atom is 0.238 e. The van der Waals surface area contributed by atoms with Crippen LogP contribution >= 0.6 is 0 Å². The summed E-state index contributed by atoms with van der Waals surface area (Å²) in [4.78, 5) is 13.9. The van der Waals surface area contributed by atoms with Crippen molar-refractivity contribution in [1.82, 2.24) is 4.90 Å². The highest BCUT2D eigenvalue weighted by Gasteiger charge is 2.07. The van der Waals surface area contributed by atoms with Crippen LogP contribution in [-0.4, -0.2) is 37.0 Å². The summed E-state index contributed by atoms with van der Waals surface area (Å²) in [5.41, 5.74) is 0.806. The van der Waals surface area contributed by atoms with Gasteiger partial charge in [0.2, 0.25) is 5.91 Å². The number of carbonyl (C=O) groups excluding carboxylic acids is 1. The third-order valence-corrected chi connectivity index (χ3v) is 2.87. The smallest absolute Gasteiger partial charge is 0.238 e. The Morgan fingerprint density at radius 2 is 1.79 bits per heavy atom. The van der Waals surface area contributed by atoms with Crippen LogP contribution in [0.5, 0.6) is 5.75 Å². The fraction of sp³-hybridized carbons (Fsp3) is 0.533. The van der Waals surface area contributed by atoms with E-state index in [1.54, 1.807) is 0 Å². The molecule has 1 aromatic carbocycles. The van der Waals surface area contributed by atoms with Crippen molar-refractivity contribution in [1.29, 1.82) is 0 Å². The molecule has 1 amide bonds. The Labute approximate surface area is 115 Å². The molecule has 0 heterocycles. The van der Waals surface area contributed by atoms with E-state index in [0.29, 0.717) is 13.2 Å². The second-order valence-corrected chi connectivity index (χ2v) is 4.38. The third kappa shape index (κ3) is 5.75. The van der Waals surface area contributed by atoms with E-state index >= 15 is 0 Å². The molecule has 0 aliphatic rings. The predicted molar refractivity (Wildman–Crippen MR) is 78.6 cm³/mol. The largest absolute Gasteiger partial charge is 0.494 e. The van der Waals surface area contributed by atoms with Crippen molar-refractivity contribution in [3.8, 4) is 5.75 Å². The first-order valence-electron chi connectivity index (χ1n) is 6.94. The summed E-state index contributed by atoms with van der Waals surface area (Å²) in [5, 5.41) is 2.89. The van der Waals surface area contributed by atoms with Gasteiger partial charge in [0.25, 0.3) is 0 Å². The van der Waals surface area contributed by atoms with E-state index in [-0.39, 0.29) is 5.91 Å². The number of hydrogen-bond donors (Lipinski definition) is 1. The zero-order valence-corrected chi connectivity index (χ0v) is 12.1. The van der Waals surface area contributed by atoms with Crippen molar-refractivity contribution in [2.45, 2.75) is 27.2 Å². The first kappa shape index (κ1) is 15.5. The molecule has 0 aliphatic carbocycles. The van der Waals surface area contributed by atoms with Crippen molar-refractivity contribution in [3.63, 3.8) is 0 Å². The van der Waals surface area contributed by atoms with Gasteiger partial charge in [-0.2, -0.15) is 0 Å². The molecule has 0 spiro atoms. The molecule has 1 aromatic rings. The standard InChI is InChI=1S/C15H24N2O2/c1-4-11-19-14-9-7-13(8-10-14)16-15(18)12-17(5-2)6-3/h7-10H,4-6,11-12H2,1-3H3,(H,16,18). The summed E-state index contributed by atoms with van der Waals surface area (Å²) >= 11 is 0. The second-order valence-electron chi connectivity index (χ2n) is 4.38. The lowest BCUT2D eigenvalue weighted by Crippen LogP contribution is -2.32. The Kier molecular flexibility index (Phi) is 6.97. The first-order valence-corrected chi connectivity index (χ1v) is 6.94. The fourth-order valence-electron chi connectivity index (χ4n) is 1.71. The van der Waals surface area contributed by atoms with Crippen molar-refractivity contribution < 1.29 is 9.53 Å². The Bertz CT molecular complexity index is 372. The van der Waals surface area contributed by atoms with Gasteiger partial charge in [-0.3, -0.25) is 9.69 Å². The molecule has 0 atom stereocenters. The van der Waals surface area contributed by atoms with Gasteiger partial charge in [0.15, 0.2) is 0 Å². The van der Waals surface area contributed by atoms with E-state index in [9.17, 15) is 4.79 Å². The molecule has 0 saturated heterocycles. The van der Waals surface area contributed by atoms with Crippen molar-refractivity contribution >= 4 is 11.6 Å². The maximum atomic E-state index is 11.8. The van der Waals surface area contributed by atoms with Gasteiger partial charge in [-0.1, -0.05) is 20.8 Å². The molecule has 1 N–H and O–H groups in total. The average molecular weight is 264 g/mol. The summed E-state index contributed by atoms with van der Waals surface area (Å²) in [6.45, 7) is 9.09. The van der Waals surface area contributed by atoms with Crippen LogP contribution in [0.2, 0.25) is 0 Å². The monoisotopic (exact) mass is 264 g/mol. The molecule has 106 valence electrons. The molecule has 0 saturated carbocycles. The second kappa shape index (κ2) is 8.53. The minimum atomic E-state index is 0.0194. The number of nitrogens with zero attached hydrogens (tertiary/aromatic N) is 1. The molecule has 0 aromatic heterocycles. The van der Waals surface area contributed by atoms with Crippen LogP contribution in [0.25, 0.3) is 0 Å². The summed E-state index contributed by atoms with van der Waals surface area (Å²) in [6, 6.07) is 7.49. The van der Waals surface area contributed by atoms with Gasteiger partial charge in [0.05, 0.1) is 13.2 Å². The first-order chi connectivity index (χ1) is 9.19. The third-order valence-electron chi connectivity index (χ3n) is 2.87. The minimum absolute atomic E-state index is 0.0194. The van der Waals surface area contributed by atoms with E-state index in [1.807, 2.05) is 24.3 Å². The quantitative estimate of drug-likeness (QED) is 0.785. The van der Waals surface area contributed by atoms with Crippen LogP contribution in [0, 0.1) is 0 Å². The van der Waals surface area contributed by atoms with E-state index in [2.05, 4.69) is 31.0 Å². The Hall–Kier alpha value is -1.55. The zero-order valence-electron chi connectivity index (χ0n) is 12.1. The molecular formula is C15H24N2O2. The number of carbonyl (C=O) groups is 1. The van der Waals surface area contributed by atoms with E-state index in [0.717, 1.165) is 30.9 Å². The summed E-state index contributed by atoms with van der Waals surface area (Å²) in [7, 11) is 0. The molecular weight excluding hydrogens is 240 g/mol. The molecule has 0 radical (unpaired) electrons. The lowest BCUT2D eigenvalue weighted by atomic mass is 10.3. The minimum Gasteiger partial charge on any atom is -0.494 e. The lowest BCUT2D eigenvalue weighted by molar-refractivity contribution is -0.117. The van der Waals surface area contributed by atoms with Gasteiger partial charge >= 0.3 is 0 Å². The Morgan fingerprint density at radius 1 is 1.16 bits per heavy atom.